The van der Waals surface area contributed by atoms with E-state index in [4.69, 9.17) is 0 Å². The van der Waals surface area contributed by atoms with Crippen molar-refractivity contribution >= 4 is 17.1 Å². The van der Waals surface area contributed by atoms with Gasteiger partial charge in [0.25, 0.3) is 0 Å². The molecule has 1 aromatic heterocycles. The van der Waals surface area contributed by atoms with Crippen molar-refractivity contribution in [1.29, 1.82) is 0 Å². The van der Waals surface area contributed by atoms with Crippen LogP contribution in [0.15, 0.2) is 17.5 Å². The Balaban J connectivity index is 1.67. The van der Waals surface area contributed by atoms with Crippen molar-refractivity contribution in [3.8, 4) is 0 Å². The molecule has 17 heavy (non-hydrogen) atoms. The molecule has 3 heteroatoms. The van der Waals surface area contributed by atoms with Crippen molar-refractivity contribution in [2.75, 3.05) is 19.6 Å². The monoisotopic (exact) mass is 251 g/mol. The topological polar surface area (TPSA) is 20.3 Å². The predicted molar refractivity (Wildman–Crippen MR) is 72.7 cm³/mol. The molecule has 1 unspecified atom stereocenters. The van der Waals surface area contributed by atoms with Crippen LogP contribution in [0.25, 0.3) is 0 Å². The molecule has 1 aromatic rings. The first kappa shape index (κ1) is 12.8. The summed E-state index contributed by atoms with van der Waals surface area (Å²) in [6, 6.07) is 3.88. The van der Waals surface area contributed by atoms with E-state index in [2.05, 4.69) is 11.8 Å². The predicted octanol–water partition coefficient (Wildman–Crippen LogP) is 3.44. The maximum atomic E-state index is 11.8. The van der Waals surface area contributed by atoms with E-state index in [0.717, 1.165) is 23.8 Å². The Morgan fingerprint density at radius 1 is 1.59 bits per heavy atom. The van der Waals surface area contributed by atoms with Crippen molar-refractivity contribution in [3.63, 3.8) is 0 Å². The molecule has 2 nitrogen and oxygen atoms in total. The van der Waals surface area contributed by atoms with E-state index in [0.29, 0.717) is 12.2 Å². The minimum Gasteiger partial charge on any atom is -0.303 e. The zero-order valence-corrected chi connectivity index (χ0v) is 11.3. The second kappa shape index (κ2) is 6.31. The Kier molecular flexibility index (Phi) is 4.75. The maximum Gasteiger partial charge on any atom is 0.172 e. The summed E-state index contributed by atoms with van der Waals surface area (Å²) in [6.45, 7) is 5.84. The van der Waals surface area contributed by atoms with Gasteiger partial charge < -0.3 is 4.90 Å². The highest BCUT2D eigenvalue weighted by molar-refractivity contribution is 7.12. The molecule has 0 amide bonds. The van der Waals surface area contributed by atoms with Crippen LogP contribution in [0.2, 0.25) is 0 Å². The molecule has 1 saturated heterocycles. The summed E-state index contributed by atoms with van der Waals surface area (Å²) < 4.78 is 0. The Bertz CT molecular complexity index is 347. The van der Waals surface area contributed by atoms with Gasteiger partial charge in [0.1, 0.15) is 0 Å². The molecule has 1 atom stereocenters. The van der Waals surface area contributed by atoms with Gasteiger partial charge in [0.15, 0.2) is 5.78 Å². The largest absolute Gasteiger partial charge is 0.303 e. The number of Topliss-reactive ketones (excluding diaryl/α,β-unsaturated/α-hetero) is 1. The number of rotatable bonds is 5. The van der Waals surface area contributed by atoms with Gasteiger partial charge in [-0.25, -0.2) is 0 Å². The third-order valence-corrected chi connectivity index (χ3v) is 4.33. The first-order valence-corrected chi connectivity index (χ1v) is 7.43. The normalized spacial score (nSPS) is 21.6. The fourth-order valence-electron chi connectivity index (χ4n) is 2.51. The summed E-state index contributed by atoms with van der Waals surface area (Å²) in [6.07, 6.45) is 4.39. The van der Waals surface area contributed by atoms with Crippen LogP contribution in [0.3, 0.4) is 0 Å². The summed E-state index contributed by atoms with van der Waals surface area (Å²) in [7, 11) is 0. The number of carbonyl (C=O) groups is 1. The van der Waals surface area contributed by atoms with Crippen molar-refractivity contribution in [3.05, 3.63) is 22.4 Å². The molecule has 0 bridgehead atoms. The molecule has 0 aliphatic carbocycles. The first-order valence-electron chi connectivity index (χ1n) is 6.55. The zero-order chi connectivity index (χ0) is 12.1. The van der Waals surface area contributed by atoms with Gasteiger partial charge in [0, 0.05) is 13.0 Å². The van der Waals surface area contributed by atoms with Crippen LogP contribution in [0.4, 0.5) is 0 Å². The smallest absolute Gasteiger partial charge is 0.172 e. The Labute approximate surface area is 108 Å². The number of nitrogens with zero attached hydrogens (tertiary/aromatic N) is 1. The lowest BCUT2D eigenvalue weighted by Gasteiger charge is -2.30. The molecule has 1 fully saturated rings. The van der Waals surface area contributed by atoms with E-state index in [-0.39, 0.29) is 0 Å². The van der Waals surface area contributed by atoms with Gasteiger partial charge in [-0.1, -0.05) is 13.0 Å². The molecule has 0 aromatic carbocycles. The summed E-state index contributed by atoms with van der Waals surface area (Å²) in [4.78, 5) is 15.2. The zero-order valence-electron chi connectivity index (χ0n) is 10.5. The van der Waals surface area contributed by atoms with Crippen molar-refractivity contribution in [1.82, 2.24) is 4.90 Å². The van der Waals surface area contributed by atoms with Crippen LogP contribution < -0.4 is 0 Å². The van der Waals surface area contributed by atoms with Crippen LogP contribution in [-0.4, -0.2) is 30.3 Å². The highest BCUT2D eigenvalue weighted by Gasteiger charge is 2.16. The SMILES string of the molecule is CC1CCCN(CCCC(=O)c2cccs2)C1. The molecule has 2 rings (SSSR count). The summed E-state index contributed by atoms with van der Waals surface area (Å²) in [5, 5.41) is 1.97. The third kappa shape index (κ3) is 3.93. The number of piperidine rings is 1. The number of hydrogen-bond acceptors (Lipinski definition) is 3. The number of carbonyl (C=O) groups excluding carboxylic acids is 1. The molecule has 0 spiro atoms. The molecule has 0 radical (unpaired) electrons. The van der Waals surface area contributed by atoms with Crippen LogP contribution in [0, 0.1) is 5.92 Å². The first-order chi connectivity index (χ1) is 8.25. The number of thiophene rings is 1. The molecule has 1 aliphatic heterocycles. The highest BCUT2D eigenvalue weighted by Crippen LogP contribution is 2.17. The van der Waals surface area contributed by atoms with Gasteiger partial charge in [-0.05, 0) is 49.7 Å². The highest BCUT2D eigenvalue weighted by atomic mass is 32.1. The number of ketones is 1. The standard InChI is InChI=1S/C14H21NOS/c1-12-5-2-8-15(11-12)9-3-6-13(16)14-7-4-10-17-14/h4,7,10,12H,2-3,5-6,8-9,11H2,1H3. The minimum atomic E-state index is 0.310. The Morgan fingerprint density at radius 2 is 2.47 bits per heavy atom. The van der Waals surface area contributed by atoms with Crippen LogP contribution in [0.1, 0.15) is 42.3 Å². The Morgan fingerprint density at radius 3 is 3.18 bits per heavy atom. The van der Waals surface area contributed by atoms with Crippen molar-refractivity contribution in [2.45, 2.75) is 32.6 Å². The van der Waals surface area contributed by atoms with Gasteiger partial charge >= 0.3 is 0 Å². The van der Waals surface area contributed by atoms with Crippen molar-refractivity contribution in [2.24, 2.45) is 5.92 Å². The summed E-state index contributed by atoms with van der Waals surface area (Å²) in [5.41, 5.74) is 0. The molecule has 94 valence electrons. The molecular weight excluding hydrogens is 230 g/mol. The lowest BCUT2D eigenvalue weighted by Crippen LogP contribution is -2.35. The second-order valence-corrected chi connectivity index (χ2v) is 6.00. The Hall–Kier alpha value is -0.670. The molecule has 0 saturated carbocycles. The van der Waals surface area contributed by atoms with Gasteiger partial charge in [-0.3, -0.25) is 4.79 Å². The van der Waals surface area contributed by atoms with Gasteiger partial charge in [-0.2, -0.15) is 0 Å². The van der Waals surface area contributed by atoms with Gasteiger partial charge in [0.05, 0.1) is 4.88 Å². The van der Waals surface area contributed by atoms with Gasteiger partial charge in [-0.15, -0.1) is 11.3 Å². The minimum absolute atomic E-state index is 0.310. The number of hydrogen-bond donors (Lipinski definition) is 0. The van der Waals surface area contributed by atoms with Crippen LogP contribution in [0.5, 0.6) is 0 Å². The van der Waals surface area contributed by atoms with Crippen molar-refractivity contribution < 1.29 is 4.79 Å². The quantitative estimate of drug-likeness (QED) is 0.747. The third-order valence-electron chi connectivity index (χ3n) is 3.42. The molecule has 2 heterocycles. The molecule has 0 N–H and O–H groups in total. The van der Waals surface area contributed by atoms with E-state index >= 15 is 0 Å². The summed E-state index contributed by atoms with van der Waals surface area (Å²) in [5.74, 6) is 1.14. The van der Waals surface area contributed by atoms with E-state index in [1.807, 2.05) is 17.5 Å². The van der Waals surface area contributed by atoms with E-state index in [1.54, 1.807) is 11.3 Å². The molecule has 1 aliphatic rings. The number of likely N-dealkylation sites (tertiary alicyclic amines) is 1. The fourth-order valence-corrected chi connectivity index (χ4v) is 3.21. The van der Waals surface area contributed by atoms with Crippen LogP contribution >= 0.6 is 11.3 Å². The lowest BCUT2D eigenvalue weighted by molar-refractivity contribution is 0.0974. The average molecular weight is 251 g/mol. The average Bonchev–Trinajstić information content (AvgIpc) is 2.82. The second-order valence-electron chi connectivity index (χ2n) is 5.05. The molecular formula is C14H21NOS. The van der Waals surface area contributed by atoms with Gasteiger partial charge in [0.2, 0.25) is 0 Å². The maximum absolute atomic E-state index is 11.8. The lowest BCUT2D eigenvalue weighted by atomic mass is 10.00. The van der Waals surface area contributed by atoms with E-state index in [1.165, 1.54) is 25.9 Å². The van der Waals surface area contributed by atoms with Crippen LogP contribution in [-0.2, 0) is 0 Å². The summed E-state index contributed by atoms with van der Waals surface area (Å²) >= 11 is 1.55. The fraction of sp³-hybridized carbons (Fsp3) is 0.643. The van der Waals surface area contributed by atoms with E-state index in [9.17, 15) is 4.79 Å². The van der Waals surface area contributed by atoms with E-state index < -0.39 is 0 Å².